The summed E-state index contributed by atoms with van der Waals surface area (Å²) in [6.45, 7) is 2.38. The van der Waals surface area contributed by atoms with Crippen molar-refractivity contribution in [2.75, 3.05) is 19.0 Å². The number of rotatable bonds is 6. The zero-order chi connectivity index (χ0) is 17.4. The standard InChI is InChI=1S/C19H18N2O3/c1-3-24-18-10-5-4-7-14(18)11-15(13-20)19(22)21-16-8-6-9-17(12-16)23-2/h4-12H,3H2,1-2H3,(H,21,22)/b15-11-. The van der Waals surface area contributed by atoms with Gasteiger partial charge in [0, 0.05) is 17.3 Å². The van der Waals surface area contributed by atoms with Crippen LogP contribution in [0.4, 0.5) is 5.69 Å². The summed E-state index contributed by atoms with van der Waals surface area (Å²) in [4.78, 5) is 12.3. The molecular formula is C19H18N2O3. The molecule has 2 rings (SSSR count). The number of hydrogen-bond acceptors (Lipinski definition) is 4. The maximum absolute atomic E-state index is 12.3. The average Bonchev–Trinajstić information content (AvgIpc) is 2.61. The van der Waals surface area contributed by atoms with Crippen LogP contribution in [0.5, 0.6) is 11.5 Å². The Morgan fingerprint density at radius 1 is 1.25 bits per heavy atom. The van der Waals surface area contributed by atoms with Crippen LogP contribution in [0.3, 0.4) is 0 Å². The maximum atomic E-state index is 12.3. The predicted octanol–water partition coefficient (Wildman–Crippen LogP) is 3.64. The Labute approximate surface area is 141 Å². The van der Waals surface area contributed by atoms with Crippen LogP contribution in [0.15, 0.2) is 54.1 Å². The smallest absolute Gasteiger partial charge is 0.266 e. The maximum Gasteiger partial charge on any atom is 0.266 e. The first-order chi connectivity index (χ1) is 11.7. The molecule has 1 amide bonds. The number of ether oxygens (including phenoxy) is 2. The van der Waals surface area contributed by atoms with Gasteiger partial charge >= 0.3 is 0 Å². The number of carbonyl (C=O) groups is 1. The fourth-order valence-electron chi connectivity index (χ4n) is 2.09. The second-order valence-electron chi connectivity index (χ2n) is 4.83. The van der Waals surface area contributed by atoms with Crippen LogP contribution in [-0.2, 0) is 4.79 Å². The largest absolute Gasteiger partial charge is 0.497 e. The van der Waals surface area contributed by atoms with Crippen molar-refractivity contribution in [2.24, 2.45) is 0 Å². The highest BCUT2D eigenvalue weighted by Crippen LogP contribution is 2.22. The fraction of sp³-hybridized carbons (Fsp3) is 0.158. The summed E-state index contributed by atoms with van der Waals surface area (Å²) in [5.41, 5.74) is 1.22. The van der Waals surface area contributed by atoms with E-state index in [0.29, 0.717) is 29.4 Å². The number of anilines is 1. The van der Waals surface area contributed by atoms with Gasteiger partial charge in [-0.05, 0) is 31.2 Å². The summed E-state index contributed by atoms with van der Waals surface area (Å²) >= 11 is 0. The Hall–Kier alpha value is -3.26. The van der Waals surface area contributed by atoms with Crippen molar-refractivity contribution < 1.29 is 14.3 Å². The van der Waals surface area contributed by atoms with Gasteiger partial charge in [0.2, 0.25) is 0 Å². The van der Waals surface area contributed by atoms with E-state index in [0.717, 1.165) is 0 Å². The lowest BCUT2D eigenvalue weighted by Gasteiger charge is -2.08. The Morgan fingerprint density at radius 3 is 2.75 bits per heavy atom. The summed E-state index contributed by atoms with van der Waals surface area (Å²) in [7, 11) is 1.55. The first-order valence-electron chi connectivity index (χ1n) is 7.47. The van der Waals surface area contributed by atoms with Crippen LogP contribution in [0.2, 0.25) is 0 Å². The van der Waals surface area contributed by atoms with Gasteiger partial charge in [-0.15, -0.1) is 0 Å². The monoisotopic (exact) mass is 322 g/mol. The average molecular weight is 322 g/mol. The molecule has 2 aromatic rings. The third-order valence-electron chi connectivity index (χ3n) is 3.21. The zero-order valence-corrected chi connectivity index (χ0v) is 13.6. The number of carbonyl (C=O) groups excluding carboxylic acids is 1. The molecule has 5 nitrogen and oxygen atoms in total. The molecule has 0 fully saturated rings. The van der Waals surface area contributed by atoms with E-state index in [1.54, 1.807) is 43.5 Å². The molecule has 0 spiro atoms. The van der Waals surface area contributed by atoms with E-state index < -0.39 is 5.91 Å². The van der Waals surface area contributed by atoms with Gasteiger partial charge in [0.05, 0.1) is 13.7 Å². The molecule has 0 aliphatic heterocycles. The summed E-state index contributed by atoms with van der Waals surface area (Å²) < 4.78 is 10.6. The number of nitrogens with zero attached hydrogens (tertiary/aromatic N) is 1. The van der Waals surface area contributed by atoms with Gasteiger partial charge in [-0.25, -0.2) is 0 Å². The lowest BCUT2D eigenvalue weighted by atomic mass is 10.1. The fourth-order valence-corrected chi connectivity index (χ4v) is 2.09. The molecule has 0 unspecified atom stereocenters. The van der Waals surface area contributed by atoms with Gasteiger partial charge in [-0.1, -0.05) is 24.3 Å². The molecule has 0 aromatic heterocycles. The summed E-state index contributed by atoms with van der Waals surface area (Å²) in [5, 5.41) is 12.0. The van der Waals surface area contributed by atoms with E-state index in [9.17, 15) is 10.1 Å². The number of amides is 1. The molecule has 5 heteroatoms. The van der Waals surface area contributed by atoms with Gasteiger partial charge in [-0.2, -0.15) is 5.26 Å². The molecule has 0 aliphatic carbocycles. The van der Waals surface area contributed by atoms with Gasteiger partial charge in [0.15, 0.2) is 0 Å². The van der Waals surface area contributed by atoms with Crippen molar-refractivity contribution in [3.05, 3.63) is 59.7 Å². The summed E-state index contributed by atoms with van der Waals surface area (Å²) in [6.07, 6.45) is 1.51. The van der Waals surface area contributed by atoms with Crippen molar-refractivity contribution in [1.29, 1.82) is 5.26 Å². The third-order valence-corrected chi connectivity index (χ3v) is 3.21. The Kier molecular flexibility index (Phi) is 5.98. The van der Waals surface area contributed by atoms with E-state index in [2.05, 4.69) is 5.32 Å². The molecular weight excluding hydrogens is 304 g/mol. The van der Waals surface area contributed by atoms with E-state index in [1.807, 2.05) is 25.1 Å². The van der Waals surface area contributed by atoms with Gasteiger partial charge < -0.3 is 14.8 Å². The molecule has 0 saturated carbocycles. The highest BCUT2D eigenvalue weighted by molar-refractivity contribution is 6.09. The Morgan fingerprint density at radius 2 is 2.04 bits per heavy atom. The van der Waals surface area contributed by atoms with Gasteiger partial charge in [0.1, 0.15) is 23.1 Å². The van der Waals surface area contributed by atoms with Crippen LogP contribution in [-0.4, -0.2) is 19.6 Å². The van der Waals surface area contributed by atoms with Gasteiger partial charge in [0.25, 0.3) is 5.91 Å². The topological polar surface area (TPSA) is 71.3 Å². The minimum atomic E-state index is -0.489. The first-order valence-corrected chi connectivity index (χ1v) is 7.47. The minimum Gasteiger partial charge on any atom is -0.497 e. The van der Waals surface area contributed by atoms with E-state index in [1.165, 1.54) is 6.08 Å². The van der Waals surface area contributed by atoms with E-state index >= 15 is 0 Å². The number of methoxy groups -OCH3 is 1. The van der Waals surface area contributed by atoms with Crippen LogP contribution in [0.1, 0.15) is 12.5 Å². The van der Waals surface area contributed by atoms with Crippen LogP contribution in [0, 0.1) is 11.3 Å². The summed E-state index contributed by atoms with van der Waals surface area (Å²) in [5.74, 6) is 0.760. The molecule has 0 heterocycles. The molecule has 0 radical (unpaired) electrons. The number of benzene rings is 2. The second kappa shape index (κ2) is 8.39. The molecule has 1 N–H and O–H groups in total. The number of para-hydroxylation sites is 1. The Balaban J connectivity index is 2.24. The van der Waals surface area contributed by atoms with E-state index in [4.69, 9.17) is 9.47 Å². The van der Waals surface area contributed by atoms with Crippen molar-refractivity contribution in [3.63, 3.8) is 0 Å². The highest BCUT2D eigenvalue weighted by Gasteiger charge is 2.11. The van der Waals surface area contributed by atoms with Gasteiger partial charge in [-0.3, -0.25) is 4.79 Å². The predicted molar refractivity (Wildman–Crippen MR) is 92.8 cm³/mol. The van der Waals surface area contributed by atoms with Crippen LogP contribution in [0.25, 0.3) is 6.08 Å². The molecule has 0 aliphatic rings. The lowest BCUT2D eigenvalue weighted by molar-refractivity contribution is -0.112. The second-order valence-corrected chi connectivity index (χ2v) is 4.83. The number of nitriles is 1. The molecule has 122 valence electrons. The first kappa shape index (κ1) is 17.1. The molecule has 0 atom stereocenters. The normalized spacial score (nSPS) is 10.6. The quantitative estimate of drug-likeness (QED) is 0.651. The van der Waals surface area contributed by atoms with Crippen molar-refractivity contribution >= 4 is 17.7 Å². The minimum absolute atomic E-state index is 0.00928. The van der Waals surface area contributed by atoms with Crippen molar-refractivity contribution in [3.8, 4) is 17.6 Å². The molecule has 2 aromatic carbocycles. The number of hydrogen-bond donors (Lipinski definition) is 1. The van der Waals surface area contributed by atoms with Crippen molar-refractivity contribution in [2.45, 2.75) is 6.92 Å². The Bertz CT molecular complexity index is 791. The highest BCUT2D eigenvalue weighted by atomic mass is 16.5. The zero-order valence-electron chi connectivity index (χ0n) is 13.6. The van der Waals surface area contributed by atoms with Crippen LogP contribution < -0.4 is 14.8 Å². The SMILES string of the molecule is CCOc1ccccc1/C=C(/C#N)C(=O)Nc1cccc(OC)c1. The molecule has 0 saturated heterocycles. The van der Waals surface area contributed by atoms with Crippen molar-refractivity contribution in [1.82, 2.24) is 0 Å². The van der Waals surface area contributed by atoms with Crippen LogP contribution >= 0.6 is 0 Å². The molecule has 24 heavy (non-hydrogen) atoms. The number of nitrogens with one attached hydrogen (secondary N) is 1. The summed E-state index contributed by atoms with van der Waals surface area (Å²) in [6, 6.07) is 16.1. The molecule has 0 bridgehead atoms. The van der Waals surface area contributed by atoms with E-state index in [-0.39, 0.29) is 5.57 Å². The third kappa shape index (κ3) is 4.37. The lowest BCUT2D eigenvalue weighted by Crippen LogP contribution is -2.13.